The highest BCUT2D eigenvalue weighted by atomic mass is 79.9. The van der Waals surface area contributed by atoms with E-state index >= 15 is 0 Å². The second-order valence-corrected chi connectivity index (χ2v) is 4.84. The fourth-order valence-corrected chi connectivity index (χ4v) is 1.67. The minimum absolute atomic E-state index is 0.237. The molecule has 0 radical (unpaired) electrons. The van der Waals surface area contributed by atoms with E-state index in [4.69, 9.17) is 4.74 Å². The van der Waals surface area contributed by atoms with Crippen LogP contribution in [0.25, 0.3) is 0 Å². The van der Waals surface area contributed by atoms with Gasteiger partial charge in [-0.2, -0.15) is 0 Å². The highest BCUT2D eigenvalue weighted by molar-refractivity contribution is 9.10. The quantitative estimate of drug-likeness (QED) is 0.940. The molecule has 0 aliphatic rings. The normalized spacial score (nSPS) is 11.7. The van der Waals surface area contributed by atoms with Crippen LogP contribution in [0.1, 0.15) is 6.92 Å². The molecule has 0 fully saturated rings. The second-order valence-electron chi connectivity index (χ2n) is 3.92. The maximum absolute atomic E-state index is 11.9. The van der Waals surface area contributed by atoms with E-state index in [9.17, 15) is 4.79 Å². The van der Waals surface area contributed by atoms with Gasteiger partial charge in [0.15, 0.2) is 6.10 Å². The number of anilines is 1. The molecular weight excluding hydrogens is 308 g/mol. The lowest BCUT2D eigenvalue weighted by molar-refractivity contribution is -0.122. The predicted molar refractivity (Wildman–Crippen MR) is 77.1 cm³/mol. The summed E-state index contributed by atoms with van der Waals surface area (Å²) in [5.74, 6) is 0.921. The Labute approximate surface area is 119 Å². The number of hydrogen-bond acceptors (Lipinski definition) is 3. The second kappa shape index (κ2) is 6.33. The lowest BCUT2D eigenvalue weighted by atomic mass is 10.3. The molecule has 1 amide bonds. The van der Waals surface area contributed by atoms with Crippen molar-refractivity contribution in [3.63, 3.8) is 0 Å². The number of para-hydroxylation sites is 1. The van der Waals surface area contributed by atoms with Gasteiger partial charge in [0.1, 0.15) is 11.6 Å². The minimum Gasteiger partial charge on any atom is -0.481 e. The van der Waals surface area contributed by atoms with E-state index in [0.29, 0.717) is 11.6 Å². The number of hydrogen-bond donors (Lipinski definition) is 1. The zero-order chi connectivity index (χ0) is 13.7. The molecule has 1 atom stereocenters. The van der Waals surface area contributed by atoms with Crippen molar-refractivity contribution in [2.75, 3.05) is 5.32 Å². The molecule has 0 bridgehead atoms. The van der Waals surface area contributed by atoms with Crippen molar-refractivity contribution in [3.8, 4) is 5.75 Å². The Morgan fingerprint density at radius 3 is 2.63 bits per heavy atom. The molecule has 2 aromatic rings. The van der Waals surface area contributed by atoms with Crippen LogP contribution in [0.3, 0.4) is 0 Å². The number of rotatable bonds is 4. The van der Waals surface area contributed by atoms with Gasteiger partial charge in [-0.25, -0.2) is 4.98 Å². The number of aromatic nitrogens is 1. The fraction of sp³-hybridized carbons (Fsp3) is 0.143. The summed E-state index contributed by atoms with van der Waals surface area (Å²) in [6, 6.07) is 12.8. The van der Waals surface area contributed by atoms with Crippen molar-refractivity contribution in [1.82, 2.24) is 4.98 Å². The maximum Gasteiger partial charge on any atom is 0.266 e. The summed E-state index contributed by atoms with van der Waals surface area (Å²) in [7, 11) is 0. The van der Waals surface area contributed by atoms with Crippen LogP contribution < -0.4 is 10.1 Å². The van der Waals surface area contributed by atoms with Crippen LogP contribution in [0.5, 0.6) is 5.75 Å². The number of carbonyl (C=O) groups excluding carboxylic acids is 1. The van der Waals surface area contributed by atoms with E-state index in [1.807, 2.05) is 36.4 Å². The monoisotopic (exact) mass is 320 g/mol. The first-order chi connectivity index (χ1) is 9.15. The van der Waals surface area contributed by atoms with E-state index in [1.54, 1.807) is 19.2 Å². The van der Waals surface area contributed by atoms with Crippen LogP contribution in [0, 0.1) is 0 Å². The maximum atomic E-state index is 11.9. The van der Waals surface area contributed by atoms with Crippen molar-refractivity contribution in [3.05, 3.63) is 53.1 Å². The molecule has 1 aromatic carbocycles. The number of benzene rings is 1. The third-order valence-corrected chi connectivity index (χ3v) is 2.87. The van der Waals surface area contributed by atoms with Crippen LogP contribution >= 0.6 is 15.9 Å². The first kappa shape index (κ1) is 13.5. The summed E-state index contributed by atoms with van der Waals surface area (Å²) >= 11 is 3.28. The predicted octanol–water partition coefficient (Wildman–Crippen LogP) is 3.25. The molecule has 1 aromatic heterocycles. The van der Waals surface area contributed by atoms with Crippen molar-refractivity contribution < 1.29 is 9.53 Å². The van der Waals surface area contributed by atoms with Crippen LogP contribution in [-0.4, -0.2) is 17.0 Å². The summed E-state index contributed by atoms with van der Waals surface area (Å²) in [4.78, 5) is 16.0. The molecule has 4 nitrogen and oxygen atoms in total. The van der Waals surface area contributed by atoms with E-state index in [-0.39, 0.29) is 5.91 Å². The highest BCUT2D eigenvalue weighted by Crippen LogP contribution is 2.13. The number of carbonyl (C=O) groups is 1. The molecular formula is C14H13BrN2O2. The molecule has 0 aliphatic carbocycles. The van der Waals surface area contributed by atoms with E-state index in [0.717, 1.165) is 4.47 Å². The van der Waals surface area contributed by atoms with Gasteiger partial charge in [0, 0.05) is 10.7 Å². The van der Waals surface area contributed by atoms with Crippen molar-refractivity contribution in [1.29, 1.82) is 0 Å². The molecule has 1 unspecified atom stereocenters. The minimum atomic E-state index is -0.590. The smallest absolute Gasteiger partial charge is 0.266 e. The summed E-state index contributed by atoms with van der Waals surface area (Å²) in [5, 5.41) is 2.69. The third-order valence-electron chi connectivity index (χ3n) is 2.40. The summed E-state index contributed by atoms with van der Waals surface area (Å²) in [6.07, 6.45) is 1.03. The Hall–Kier alpha value is -1.88. The highest BCUT2D eigenvalue weighted by Gasteiger charge is 2.15. The number of amides is 1. The van der Waals surface area contributed by atoms with Gasteiger partial charge in [0.05, 0.1) is 0 Å². The average Bonchev–Trinajstić information content (AvgIpc) is 2.42. The number of ether oxygens (including phenoxy) is 1. The van der Waals surface area contributed by atoms with Gasteiger partial charge in [0.2, 0.25) is 0 Å². The van der Waals surface area contributed by atoms with Gasteiger partial charge in [-0.05, 0) is 47.1 Å². The molecule has 0 saturated heterocycles. The topological polar surface area (TPSA) is 51.2 Å². The Morgan fingerprint density at radius 2 is 2.00 bits per heavy atom. The Bertz CT molecular complexity index is 543. The fourth-order valence-electron chi connectivity index (χ4n) is 1.43. The third kappa shape index (κ3) is 4.06. The molecule has 0 spiro atoms. The van der Waals surface area contributed by atoms with Crippen LogP contribution in [0.2, 0.25) is 0 Å². The molecule has 0 saturated carbocycles. The molecule has 98 valence electrons. The standard InChI is InChI=1S/C14H13BrN2O2/c1-10(19-12-5-3-2-4-6-12)14(18)17-13-8-7-11(15)9-16-13/h2-10H,1H3,(H,16,17,18). The zero-order valence-corrected chi connectivity index (χ0v) is 11.9. The number of nitrogens with one attached hydrogen (secondary N) is 1. The van der Waals surface area contributed by atoms with E-state index < -0.39 is 6.10 Å². The van der Waals surface area contributed by atoms with Gasteiger partial charge in [-0.15, -0.1) is 0 Å². The molecule has 1 heterocycles. The van der Waals surface area contributed by atoms with Gasteiger partial charge < -0.3 is 10.1 Å². The van der Waals surface area contributed by atoms with Crippen molar-refractivity contribution in [2.24, 2.45) is 0 Å². The largest absolute Gasteiger partial charge is 0.481 e. The van der Waals surface area contributed by atoms with Crippen LogP contribution in [0.4, 0.5) is 5.82 Å². The summed E-state index contributed by atoms with van der Waals surface area (Å²) < 4.78 is 6.38. The summed E-state index contributed by atoms with van der Waals surface area (Å²) in [6.45, 7) is 1.70. The van der Waals surface area contributed by atoms with Crippen molar-refractivity contribution in [2.45, 2.75) is 13.0 Å². The molecule has 2 rings (SSSR count). The molecule has 0 aliphatic heterocycles. The zero-order valence-electron chi connectivity index (χ0n) is 10.3. The van der Waals surface area contributed by atoms with Crippen molar-refractivity contribution >= 4 is 27.7 Å². The summed E-state index contributed by atoms with van der Waals surface area (Å²) in [5.41, 5.74) is 0. The molecule has 19 heavy (non-hydrogen) atoms. The number of halogens is 1. The van der Waals surface area contributed by atoms with Gasteiger partial charge in [-0.1, -0.05) is 18.2 Å². The molecule has 1 N–H and O–H groups in total. The lowest BCUT2D eigenvalue weighted by Gasteiger charge is -2.14. The van der Waals surface area contributed by atoms with Crippen LogP contribution in [-0.2, 0) is 4.79 Å². The van der Waals surface area contributed by atoms with Gasteiger partial charge in [-0.3, -0.25) is 4.79 Å². The van der Waals surface area contributed by atoms with Gasteiger partial charge >= 0.3 is 0 Å². The first-order valence-electron chi connectivity index (χ1n) is 5.79. The Balaban J connectivity index is 1.94. The average molecular weight is 321 g/mol. The first-order valence-corrected chi connectivity index (χ1v) is 6.58. The Morgan fingerprint density at radius 1 is 1.26 bits per heavy atom. The van der Waals surface area contributed by atoms with E-state index in [2.05, 4.69) is 26.2 Å². The number of nitrogens with zero attached hydrogens (tertiary/aromatic N) is 1. The Kier molecular flexibility index (Phi) is 4.52. The number of pyridine rings is 1. The van der Waals surface area contributed by atoms with Gasteiger partial charge in [0.25, 0.3) is 5.91 Å². The van der Waals surface area contributed by atoms with Crippen LogP contribution in [0.15, 0.2) is 53.1 Å². The van der Waals surface area contributed by atoms with E-state index in [1.165, 1.54) is 0 Å². The SMILES string of the molecule is CC(Oc1ccccc1)C(=O)Nc1ccc(Br)cn1. The molecule has 5 heteroatoms. The lowest BCUT2D eigenvalue weighted by Crippen LogP contribution is -2.30.